The van der Waals surface area contributed by atoms with Gasteiger partial charge in [0.1, 0.15) is 11.5 Å². The van der Waals surface area contributed by atoms with E-state index in [-0.39, 0.29) is 17.6 Å². The number of hydrogen-bond donors (Lipinski definition) is 2. The molecule has 0 bridgehead atoms. The molecule has 0 aromatic carbocycles. The van der Waals surface area contributed by atoms with Gasteiger partial charge in [-0.25, -0.2) is 4.98 Å². The lowest BCUT2D eigenvalue weighted by Crippen LogP contribution is -2.35. The van der Waals surface area contributed by atoms with Gasteiger partial charge in [-0.3, -0.25) is 14.6 Å². The number of aromatic nitrogens is 2. The fraction of sp³-hybridized carbons (Fsp3) is 0.364. The van der Waals surface area contributed by atoms with Crippen LogP contribution in [-0.2, 0) is 4.79 Å². The third-order valence-corrected chi connectivity index (χ3v) is 5.94. The zero-order chi connectivity index (χ0) is 22.0. The molecule has 2 N–H and O–H groups in total. The molecule has 9 heteroatoms. The number of carbonyl (C=O) groups is 2. The first-order valence-electron chi connectivity index (χ1n) is 10.2. The average molecular weight is 442 g/mol. The van der Waals surface area contributed by atoms with Gasteiger partial charge in [-0.2, -0.15) is 0 Å². The van der Waals surface area contributed by atoms with Gasteiger partial charge in [0.05, 0.1) is 11.2 Å². The predicted molar refractivity (Wildman–Crippen MR) is 119 cm³/mol. The van der Waals surface area contributed by atoms with Crippen LogP contribution in [0.25, 0.3) is 11.0 Å². The van der Waals surface area contributed by atoms with Crippen LogP contribution >= 0.6 is 11.6 Å². The number of nitrogens with zero attached hydrogens (tertiary/aromatic N) is 3. The summed E-state index contributed by atoms with van der Waals surface area (Å²) in [6.07, 6.45) is 8.10. The fourth-order valence-corrected chi connectivity index (χ4v) is 4.05. The molecule has 0 atom stereocenters. The van der Waals surface area contributed by atoms with Gasteiger partial charge >= 0.3 is 0 Å². The SMILES string of the molecule is CN(C)C1CCC(C(=O)Nc2c(C(=O)Nc3ccc(Cl)cn3)oc3cnccc23)CC1. The molecule has 3 aromatic heterocycles. The maximum Gasteiger partial charge on any atom is 0.294 e. The van der Waals surface area contributed by atoms with Gasteiger partial charge in [-0.15, -0.1) is 0 Å². The molecule has 0 aliphatic heterocycles. The zero-order valence-corrected chi connectivity index (χ0v) is 18.1. The summed E-state index contributed by atoms with van der Waals surface area (Å²) >= 11 is 5.85. The summed E-state index contributed by atoms with van der Waals surface area (Å²) in [7, 11) is 4.13. The van der Waals surface area contributed by atoms with Crippen molar-refractivity contribution in [3.63, 3.8) is 0 Å². The Hall–Kier alpha value is -2.97. The van der Waals surface area contributed by atoms with E-state index in [1.54, 1.807) is 24.4 Å². The van der Waals surface area contributed by atoms with E-state index >= 15 is 0 Å². The summed E-state index contributed by atoms with van der Waals surface area (Å²) in [5.74, 6) is -0.382. The van der Waals surface area contributed by atoms with Crippen molar-refractivity contribution in [2.45, 2.75) is 31.7 Å². The lowest BCUT2D eigenvalue weighted by molar-refractivity contribution is -0.121. The van der Waals surface area contributed by atoms with E-state index in [9.17, 15) is 9.59 Å². The Balaban J connectivity index is 1.56. The highest BCUT2D eigenvalue weighted by Crippen LogP contribution is 2.33. The molecule has 2 amide bonds. The first-order valence-corrected chi connectivity index (χ1v) is 10.6. The van der Waals surface area contributed by atoms with Crippen molar-refractivity contribution in [2.24, 2.45) is 5.92 Å². The normalized spacial score (nSPS) is 18.8. The Bertz CT molecular complexity index is 1090. The van der Waals surface area contributed by atoms with Crippen molar-refractivity contribution < 1.29 is 14.0 Å². The van der Waals surface area contributed by atoms with Crippen molar-refractivity contribution >= 4 is 45.9 Å². The van der Waals surface area contributed by atoms with E-state index in [1.807, 2.05) is 0 Å². The minimum Gasteiger partial charge on any atom is -0.447 e. The van der Waals surface area contributed by atoms with Gasteiger partial charge in [-0.1, -0.05) is 11.6 Å². The van der Waals surface area contributed by atoms with E-state index < -0.39 is 5.91 Å². The highest BCUT2D eigenvalue weighted by atomic mass is 35.5. The second-order valence-corrected chi connectivity index (χ2v) is 8.39. The van der Waals surface area contributed by atoms with Crippen LogP contribution in [0.2, 0.25) is 5.02 Å². The Kier molecular flexibility index (Phi) is 6.20. The molecule has 0 spiro atoms. The molecule has 0 saturated heterocycles. The average Bonchev–Trinajstić information content (AvgIpc) is 3.14. The molecule has 31 heavy (non-hydrogen) atoms. The van der Waals surface area contributed by atoms with E-state index in [2.05, 4.69) is 39.6 Å². The minimum absolute atomic E-state index is 0.00933. The summed E-state index contributed by atoms with van der Waals surface area (Å²) in [5.41, 5.74) is 0.770. The Morgan fingerprint density at radius 1 is 1.10 bits per heavy atom. The molecule has 3 aromatic rings. The molecule has 1 saturated carbocycles. The number of anilines is 2. The van der Waals surface area contributed by atoms with Crippen molar-refractivity contribution in [1.82, 2.24) is 14.9 Å². The van der Waals surface area contributed by atoms with Crippen molar-refractivity contribution in [1.29, 1.82) is 0 Å². The van der Waals surface area contributed by atoms with E-state index in [1.165, 1.54) is 12.4 Å². The second-order valence-electron chi connectivity index (χ2n) is 7.95. The maximum absolute atomic E-state index is 13.0. The minimum atomic E-state index is -0.516. The van der Waals surface area contributed by atoms with Crippen molar-refractivity contribution in [3.8, 4) is 0 Å². The van der Waals surface area contributed by atoms with Crippen LogP contribution in [0.15, 0.2) is 41.2 Å². The van der Waals surface area contributed by atoms with Crippen LogP contribution in [0.1, 0.15) is 36.2 Å². The molecule has 8 nitrogen and oxygen atoms in total. The number of pyridine rings is 2. The number of carbonyl (C=O) groups excluding carboxylic acids is 2. The molecule has 0 unspecified atom stereocenters. The zero-order valence-electron chi connectivity index (χ0n) is 17.4. The summed E-state index contributed by atoms with van der Waals surface area (Å²) in [4.78, 5) is 36.3. The Morgan fingerprint density at radius 2 is 1.87 bits per heavy atom. The van der Waals surface area contributed by atoms with E-state index in [4.69, 9.17) is 16.0 Å². The van der Waals surface area contributed by atoms with E-state index in [0.29, 0.717) is 33.5 Å². The van der Waals surface area contributed by atoms with Gasteiger partial charge in [0.15, 0.2) is 5.58 Å². The smallest absolute Gasteiger partial charge is 0.294 e. The molecule has 4 rings (SSSR count). The van der Waals surface area contributed by atoms with Crippen LogP contribution in [0, 0.1) is 5.92 Å². The topological polar surface area (TPSA) is 100 Å². The highest BCUT2D eigenvalue weighted by Gasteiger charge is 2.30. The van der Waals surface area contributed by atoms with Gasteiger partial charge in [0, 0.05) is 29.7 Å². The Labute approximate surface area is 185 Å². The van der Waals surface area contributed by atoms with Crippen LogP contribution in [0.5, 0.6) is 0 Å². The summed E-state index contributed by atoms with van der Waals surface area (Å²) in [6, 6.07) is 5.43. The molecule has 0 radical (unpaired) electrons. The third-order valence-electron chi connectivity index (χ3n) is 5.71. The van der Waals surface area contributed by atoms with Crippen LogP contribution in [-0.4, -0.2) is 46.8 Å². The first-order chi connectivity index (χ1) is 14.9. The predicted octanol–water partition coefficient (Wildman–Crippen LogP) is 4.19. The number of furan rings is 1. The highest BCUT2D eigenvalue weighted by molar-refractivity contribution is 6.30. The molecule has 3 heterocycles. The largest absolute Gasteiger partial charge is 0.447 e. The molecule has 1 fully saturated rings. The van der Waals surface area contributed by atoms with Crippen molar-refractivity contribution in [2.75, 3.05) is 24.7 Å². The maximum atomic E-state index is 13.0. The van der Waals surface area contributed by atoms with Gasteiger partial charge in [-0.05, 0) is 58.0 Å². The van der Waals surface area contributed by atoms with Gasteiger partial charge in [0.25, 0.3) is 5.91 Å². The fourth-order valence-electron chi connectivity index (χ4n) is 3.94. The number of rotatable bonds is 5. The summed E-state index contributed by atoms with van der Waals surface area (Å²) < 4.78 is 5.74. The van der Waals surface area contributed by atoms with E-state index in [0.717, 1.165) is 25.7 Å². The van der Waals surface area contributed by atoms with Crippen LogP contribution in [0.3, 0.4) is 0 Å². The van der Waals surface area contributed by atoms with Crippen LogP contribution < -0.4 is 10.6 Å². The second kappa shape index (κ2) is 9.03. The number of amides is 2. The number of hydrogen-bond acceptors (Lipinski definition) is 6. The van der Waals surface area contributed by atoms with Gasteiger partial charge in [0.2, 0.25) is 11.7 Å². The quantitative estimate of drug-likeness (QED) is 0.615. The lowest BCUT2D eigenvalue weighted by atomic mass is 9.85. The molecule has 1 aliphatic rings. The lowest BCUT2D eigenvalue weighted by Gasteiger charge is -2.31. The standard InChI is InChI=1S/C22H24ClN5O3/c1-28(2)15-6-3-13(4-7-15)21(29)27-19-16-9-10-24-12-17(16)31-20(19)22(30)26-18-8-5-14(23)11-25-18/h5,8-13,15H,3-4,6-7H2,1-2H3,(H,27,29)(H,25,26,30). The summed E-state index contributed by atoms with van der Waals surface area (Å²) in [5, 5.41) is 6.71. The third kappa shape index (κ3) is 4.70. The molecule has 162 valence electrons. The molecular weight excluding hydrogens is 418 g/mol. The first kappa shape index (κ1) is 21.3. The van der Waals surface area contributed by atoms with Gasteiger partial charge < -0.3 is 20.0 Å². The number of nitrogens with one attached hydrogen (secondary N) is 2. The van der Waals surface area contributed by atoms with Crippen molar-refractivity contribution in [3.05, 3.63) is 47.6 Å². The monoisotopic (exact) mass is 441 g/mol. The molecular formula is C22H24ClN5O3. The summed E-state index contributed by atoms with van der Waals surface area (Å²) in [6.45, 7) is 0. The Morgan fingerprint density at radius 3 is 2.55 bits per heavy atom. The number of fused-ring (bicyclic) bond motifs is 1. The molecule has 1 aliphatic carbocycles. The number of halogens is 1. The van der Waals surface area contributed by atoms with Crippen LogP contribution in [0.4, 0.5) is 11.5 Å².